The summed E-state index contributed by atoms with van der Waals surface area (Å²) in [5.74, 6) is 0. The van der Waals surface area contributed by atoms with Crippen LogP contribution in [0.1, 0.15) is 78.1 Å². The first-order chi connectivity index (χ1) is 9.70. The molecule has 1 unspecified atom stereocenters. The number of hydrogen-bond donors (Lipinski definition) is 0. The fourth-order valence-corrected chi connectivity index (χ4v) is 2.70. The smallest absolute Gasteiger partial charge is 0.260 e. The van der Waals surface area contributed by atoms with Gasteiger partial charge in [0.1, 0.15) is 0 Å². The Hall–Kier alpha value is -0.300. The first-order valence-corrected chi connectivity index (χ1v) is 9.11. The number of alkyl halides is 3. The largest absolute Gasteiger partial charge is 0.523 e. The maximum absolute atomic E-state index is 12.1. The van der Waals surface area contributed by atoms with Crippen LogP contribution in [-0.4, -0.2) is 20.0 Å². The van der Waals surface area contributed by atoms with Gasteiger partial charge in [-0.15, -0.1) is 0 Å². The highest BCUT2D eigenvalue weighted by molar-refractivity contribution is 7.87. The van der Waals surface area contributed by atoms with Crippen molar-refractivity contribution in [3.8, 4) is 0 Å². The van der Waals surface area contributed by atoms with Gasteiger partial charge in [-0.3, -0.25) is 4.18 Å². The fraction of sp³-hybridized carbons (Fsp3) is 1.00. The van der Waals surface area contributed by atoms with Gasteiger partial charge in [0.2, 0.25) is 0 Å². The lowest BCUT2D eigenvalue weighted by Crippen LogP contribution is -2.28. The van der Waals surface area contributed by atoms with E-state index in [4.69, 9.17) is 0 Å². The fourth-order valence-electron chi connectivity index (χ4n) is 2.06. The molecular formula is C14H27F3O3S. The standard InChI is InChI=1S/C14H27F3O3S/c1-3-4-5-6-7-8-9-10-11-12-13(2)20-21(18,19)14(15,16)17/h13H,3-12H2,1-2H3. The molecule has 128 valence electrons. The summed E-state index contributed by atoms with van der Waals surface area (Å²) in [6.07, 6.45) is 9.30. The molecule has 0 N–H and O–H groups in total. The highest BCUT2D eigenvalue weighted by atomic mass is 32.2. The zero-order chi connectivity index (χ0) is 16.4. The van der Waals surface area contributed by atoms with E-state index in [0.29, 0.717) is 12.8 Å². The first kappa shape index (κ1) is 20.7. The maximum atomic E-state index is 12.1. The van der Waals surface area contributed by atoms with E-state index in [1.165, 1.54) is 39.0 Å². The lowest BCUT2D eigenvalue weighted by atomic mass is 10.1. The van der Waals surface area contributed by atoms with Gasteiger partial charge in [0.05, 0.1) is 6.10 Å². The van der Waals surface area contributed by atoms with Crippen molar-refractivity contribution in [1.29, 1.82) is 0 Å². The molecule has 3 nitrogen and oxygen atoms in total. The minimum Gasteiger partial charge on any atom is -0.260 e. The molecule has 1 atom stereocenters. The Labute approximate surface area is 126 Å². The third kappa shape index (κ3) is 10.1. The normalized spacial score (nSPS) is 14.3. The zero-order valence-corrected chi connectivity index (χ0v) is 13.7. The second-order valence-corrected chi connectivity index (χ2v) is 6.99. The van der Waals surface area contributed by atoms with Crippen molar-refractivity contribution in [2.24, 2.45) is 0 Å². The van der Waals surface area contributed by atoms with E-state index in [0.717, 1.165) is 19.3 Å². The molecule has 0 aromatic heterocycles. The first-order valence-electron chi connectivity index (χ1n) is 7.70. The average Bonchev–Trinajstić information content (AvgIpc) is 2.35. The van der Waals surface area contributed by atoms with Gasteiger partial charge in [0, 0.05) is 0 Å². The Morgan fingerprint density at radius 1 is 0.905 bits per heavy atom. The van der Waals surface area contributed by atoms with Gasteiger partial charge >= 0.3 is 15.6 Å². The van der Waals surface area contributed by atoms with E-state index in [1.807, 2.05) is 0 Å². The predicted octanol–water partition coefficient (Wildman–Crippen LogP) is 5.16. The van der Waals surface area contributed by atoms with Gasteiger partial charge in [0.15, 0.2) is 0 Å². The lowest BCUT2D eigenvalue weighted by Gasteiger charge is -2.14. The second kappa shape index (κ2) is 10.4. The molecule has 0 aliphatic heterocycles. The summed E-state index contributed by atoms with van der Waals surface area (Å²) in [5, 5.41) is 0. The Morgan fingerprint density at radius 2 is 1.33 bits per heavy atom. The van der Waals surface area contributed by atoms with E-state index >= 15 is 0 Å². The summed E-state index contributed by atoms with van der Waals surface area (Å²) >= 11 is 0. The average molecular weight is 332 g/mol. The number of halogens is 3. The van der Waals surface area contributed by atoms with E-state index in [2.05, 4.69) is 11.1 Å². The van der Waals surface area contributed by atoms with Crippen LogP contribution in [0.25, 0.3) is 0 Å². The van der Waals surface area contributed by atoms with Gasteiger partial charge in [0.25, 0.3) is 0 Å². The summed E-state index contributed by atoms with van der Waals surface area (Å²) in [6.45, 7) is 3.52. The molecule has 0 aliphatic carbocycles. The van der Waals surface area contributed by atoms with Gasteiger partial charge in [-0.05, 0) is 13.3 Å². The summed E-state index contributed by atoms with van der Waals surface area (Å²) < 4.78 is 62.0. The van der Waals surface area contributed by atoms with Crippen LogP contribution in [0, 0.1) is 0 Å². The highest BCUT2D eigenvalue weighted by Crippen LogP contribution is 2.26. The predicted molar refractivity (Wildman–Crippen MR) is 77.4 cm³/mol. The maximum Gasteiger partial charge on any atom is 0.523 e. The molecule has 0 amide bonds. The van der Waals surface area contributed by atoms with Crippen LogP contribution in [0.2, 0.25) is 0 Å². The van der Waals surface area contributed by atoms with Crippen LogP contribution < -0.4 is 0 Å². The third-order valence-corrected chi connectivity index (χ3v) is 4.44. The Kier molecular flexibility index (Phi) is 10.3. The van der Waals surface area contributed by atoms with Crippen LogP contribution in [-0.2, 0) is 14.3 Å². The summed E-state index contributed by atoms with van der Waals surface area (Å²) in [7, 11) is -5.46. The molecule has 0 saturated heterocycles. The van der Waals surface area contributed by atoms with E-state index in [9.17, 15) is 21.6 Å². The molecule has 0 saturated carbocycles. The van der Waals surface area contributed by atoms with Crippen molar-refractivity contribution in [3.63, 3.8) is 0 Å². The molecule has 0 aromatic rings. The quantitative estimate of drug-likeness (QED) is 0.281. The van der Waals surface area contributed by atoms with Crippen LogP contribution in [0.4, 0.5) is 13.2 Å². The monoisotopic (exact) mass is 332 g/mol. The zero-order valence-electron chi connectivity index (χ0n) is 12.9. The molecule has 21 heavy (non-hydrogen) atoms. The summed E-state index contributed by atoms with van der Waals surface area (Å²) in [4.78, 5) is 0. The Bertz CT molecular complexity index is 353. The van der Waals surface area contributed by atoms with Gasteiger partial charge < -0.3 is 0 Å². The van der Waals surface area contributed by atoms with Crippen LogP contribution in [0.5, 0.6) is 0 Å². The molecule has 0 rings (SSSR count). The molecule has 0 fully saturated rings. The van der Waals surface area contributed by atoms with Crippen LogP contribution in [0.3, 0.4) is 0 Å². The number of unbranched alkanes of at least 4 members (excludes halogenated alkanes) is 8. The van der Waals surface area contributed by atoms with Crippen LogP contribution in [0.15, 0.2) is 0 Å². The highest BCUT2D eigenvalue weighted by Gasteiger charge is 2.48. The summed E-state index contributed by atoms with van der Waals surface area (Å²) in [6, 6.07) is 0. The third-order valence-electron chi connectivity index (χ3n) is 3.29. The van der Waals surface area contributed by atoms with E-state index < -0.39 is 21.7 Å². The van der Waals surface area contributed by atoms with Gasteiger partial charge in [-0.25, -0.2) is 0 Å². The van der Waals surface area contributed by atoms with Crippen molar-refractivity contribution < 1.29 is 25.8 Å². The second-order valence-electron chi connectivity index (χ2n) is 5.42. The Balaban J connectivity index is 3.61. The summed E-state index contributed by atoms with van der Waals surface area (Å²) in [5.41, 5.74) is -5.33. The van der Waals surface area contributed by atoms with Gasteiger partial charge in [-0.1, -0.05) is 64.7 Å². The molecule has 7 heteroatoms. The SMILES string of the molecule is CCCCCCCCCCCC(C)OS(=O)(=O)C(F)(F)F. The van der Waals surface area contributed by atoms with Crippen molar-refractivity contribution in [1.82, 2.24) is 0 Å². The van der Waals surface area contributed by atoms with E-state index in [1.54, 1.807) is 0 Å². The van der Waals surface area contributed by atoms with Crippen molar-refractivity contribution in [2.45, 2.75) is 89.7 Å². The van der Waals surface area contributed by atoms with Crippen molar-refractivity contribution in [2.75, 3.05) is 0 Å². The van der Waals surface area contributed by atoms with Crippen LogP contribution >= 0.6 is 0 Å². The number of hydrogen-bond acceptors (Lipinski definition) is 3. The minimum absolute atomic E-state index is 0.325. The Morgan fingerprint density at radius 3 is 1.76 bits per heavy atom. The minimum atomic E-state index is -5.46. The number of rotatable bonds is 12. The molecule has 0 radical (unpaired) electrons. The molecule has 0 aromatic carbocycles. The molecule has 0 heterocycles. The molecule has 0 spiro atoms. The lowest BCUT2D eigenvalue weighted by molar-refractivity contribution is -0.0570. The molecular weight excluding hydrogens is 305 g/mol. The van der Waals surface area contributed by atoms with Crippen molar-refractivity contribution in [3.05, 3.63) is 0 Å². The molecule has 0 bridgehead atoms. The topological polar surface area (TPSA) is 43.4 Å². The van der Waals surface area contributed by atoms with Crippen molar-refractivity contribution >= 4 is 10.1 Å². The molecule has 0 aliphatic rings. The van der Waals surface area contributed by atoms with Gasteiger partial charge in [-0.2, -0.15) is 21.6 Å². The van der Waals surface area contributed by atoms with E-state index in [-0.39, 0.29) is 0 Å².